The summed E-state index contributed by atoms with van der Waals surface area (Å²) in [7, 11) is 1.91. The van der Waals surface area contributed by atoms with Crippen molar-refractivity contribution in [2.45, 2.75) is 6.54 Å². The highest BCUT2D eigenvalue weighted by Gasteiger charge is 2.08. The van der Waals surface area contributed by atoms with Crippen LogP contribution in [0.5, 0.6) is 0 Å². The molecule has 2 aromatic heterocycles. The van der Waals surface area contributed by atoms with Crippen LogP contribution in [0.1, 0.15) is 4.88 Å². The molecule has 2 heterocycles. The van der Waals surface area contributed by atoms with E-state index in [1.54, 1.807) is 23.5 Å². The van der Waals surface area contributed by atoms with Gasteiger partial charge in [0.2, 0.25) is 5.91 Å². The van der Waals surface area contributed by atoms with Gasteiger partial charge in [-0.25, -0.2) is 4.98 Å². The van der Waals surface area contributed by atoms with Crippen LogP contribution in [0, 0.1) is 0 Å². The van der Waals surface area contributed by atoms with Crippen molar-refractivity contribution >= 4 is 34.7 Å². The Balaban J connectivity index is 1.82. The van der Waals surface area contributed by atoms with Gasteiger partial charge in [0.15, 0.2) is 0 Å². The Hall–Kier alpha value is -1.43. The second-order valence-corrected chi connectivity index (χ2v) is 5.63. The third-order valence-electron chi connectivity index (χ3n) is 2.41. The molecule has 0 saturated heterocycles. The van der Waals surface area contributed by atoms with Crippen LogP contribution < -0.4 is 5.32 Å². The molecule has 6 heteroatoms. The van der Waals surface area contributed by atoms with Crippen molar-refractivity contribution in [3.05, 3.63) is 45.7 Å². The fourth-order valence-electron chi connectivity index (χ4n) is 1.60. The lowest BCUT2D eigenvalue weighted by molar-refractivity contribution is -0.117. The third kappa shape index (κ3) is 4.63. The van der Waals surface area contributed by atoms with Gasteiger partial charge in [-0.1, -0.05) is 17.7 Å². The van der Waals surface area contributed by atoms with E-state index in [0.29, 0.717) is 17.4 Å². The standard InChI is InChI=1S/C13H14ClN3OS/c1-17(8-11-3-2-6-19-11)9-13(18)16-12-5-4-10(14)7-15-12/h2-7H,8-9H2,1H3,(H,15,16,18). The number of hydrogen-bond donors (Lipinski definition) is 1. The number of pyridine rings is 1. The highest BCUT2D eigenvalue weighted by Crippen LogP contribution is 2.11. The van der Waals surface area contributed by atoms with E-state index in [0.717, 1.165) is 6.54 Å². The SMILES string of the molecule is CN(CC(=O)Nc1ccc(Cl)cn1)Cc1cccs1. The molecular formula is C13H14ClN3OS. The van der Waals surface area contributed by atoms with Crippen molar-refractivity contribution in [2.75, 3.05) is 18.9 Å². The Bertz CT molecular complexity index is 527. The Morgan fingerprint density at radius 2 is 2.32 bits per heavy atom. The van der Waals surface area contributed by atoms with Gasteiger partial charge in [-0.15, -0.1) is 11.3 Å². The van der Waals surface area contributed by atoms with Crippen LogP contribution in [-0.2, 0) is 11.3 Å². The van der Waals surface area contributed by atoms with Gasteiger partial charge >= 0.3 is 0 Å². The van der Waals surface area contributed by atoms with Crippen LogP contribution in [0.15, 0.2) is 35.8 Å². The van der Waals surface area contributed by atoms with Crippen LogP contribution in [-0.4, -0.2) is 29.4 Å². The van der Waals surface area contributed by atoms with E-state index >= 15 is 0 Å². The predicted molar refractivity (Wildman–Crippen MR) is 78.5 cm³/mol. The van der Waals surface area contributed by atoms with Gasteiger partial charge in [0.25, 0.3) is 0 Å². The summed E-state index contributed by atoms with van der Waals surface area (Å²) in [5, 5.41) is 5.31. The monoisotopic (exact) mass is 295 g/mol. The maximum Gasteiger partial charge on any atom is 0.239 e. The molecule has 0 saturated carbocycles. The van der Waals surface area contributed by atoms with E-state index in [2.05, 4.69) is 16.4 Å². The lowest BCUT2D eigenvalue weighted by Gasteiger charge is -2.14. The molecule has 2 rings (SSSR count). The molecule has 0 radical (unpaired) electrons. The van der Waals surface area contributed by atoms with Crippen molar-refractivity contribution in [1.82, 2.24) is 9.88 Å². The molecule has 2 aromatic rings. The number of halogens is 1. The fraction of sp³-hybridized carbons (Fsp3) is 0.231. The highest BCUT2D eigenvalue weighted by atomic mass is 35.5. The average Bonchev–Trinajstić information content (AvgIpc) is 2.84. The maximum absolute atomic E-state index is 11.8. The molecule has 0 atom stereocenters. The zero-order valence-corrected chi connectivity index (χ0v) is 12.0. The fourth-order valence-corrected chi connectivity index (χ4v) is 2.50. The molecular weight excluding hydrogens is 282 g/mol. The summed E-state index contributed by atoms with van der Waals surface area (Å²) >= 11 is 7.41. The van der Waals surface area contributed by atoms with Crippen LogP contribution in [0.25, 0.3) is 0 Å². The Morgan fingerprint density at radius 1 is 1.47 bits per heavy atom. The first-order chi connectivity index (χ1) is 9.13. The van der Waals surface area contributed by atoms with Gasteiger partial charge < -0.3 is 5.32 Å². The number of hydrogen-bond acceptors (Lipinski definition) is 4. The van der Waals surface area contributed by atoms with Crippen LogP contribution >= 0.6 is 22.9 Å². The molecule has 0 aliphatic carbocycles. The molecule has 0 aliphatic heterocycles. The molecule has 0 aromatic carbocycles. The number of aromatic nitrogens is 1. The topological polar surface area (TPSA) is 45.2 Å². The maximum atomic E-state index is 11.8. The van der Waals surface area contributed by atoms with Crippen LogP contribution in [0.2, 0.25) is 5.02 Å². The number of anilines is 1. The molecule has 1 N–H and O–H groups in total. The van der Waals surface area contributed by atoms with Gasteiger partial charge in [-0.05, 0) is 30.6 Å². The van der Waals surface area contributed by atoms with Gasteiger partial charge in [-0.3, -0.25) is 9.69 Å². The second-order valence-electron chi connectivity index (χ2n) is 4.16. The summed E-state index contributed by atoms with van der Waals surface area (Å²) in [5.41, 5.74) is 0. The number of rotatable bonds is 5. The predicted octanol–water partition coefficient (Wildman–Crippen LogP) is 2.87. The van der Waals surface area contributed by atoms with Crippen LogP contribution in [0.4, 0.5) is 5.82 Å². The first kappa shape index (κ1) is 14.0. The molecule has 0 fully saturated rings. The number of carbonyl (C=O) groups is 1. The smallest absolute Gasteiger partial charge is 0.239 e. The quantitative estimate of drug-likeness (QED) is 0.922. The molecule has 100 valence electrons. The zero-order chi connectivity index (χ0) is 13.7. The number of carbonyl (C=O) groups excluding carboxylic acids is 1. The van der Waals surface area contributed by atoms with Crippen molar-refractivity contribution in [3.63, 3.8) is 0 Å². The Morgan fingerprint density at radius 3 is 2.95 bits per heavy atom. The number of nitrogens with zero attached hydrogens (tertiary/aromatic N) is 2. The van der Waals surface area contributed by atoms with E-state index in [1.165, 1.54) is 11.1 Å². The number of likely N-dealkylation sites (N-methyl/N-ethyl adjacent to an activating group) is 1. The lowest BCUT2D eigenvalue weighted by atomic mass is 10.4. The minimum atomic E-state index is -0.0890. The first-order valence-corrected chi connectivity index (χ1v) is 7.01. The van der Waals surface area contributed by atoms with Crippen molar-refractivity contribution in [2.24, 2.45) is 0 Å². The van der Waals surface area contributed by atoms with Crippen molar-refractivity contribution in [3.8, 4) is 0 Å². The highest BCUT2D eigenvalue weighted by molar-refractivity contribution is 7.09. The minimum absolute atomic E-state index is 0.0890. The molecule has 0 spiro atoms. The Labute approximate surface area is 121 Å². The first-order valence-electron chi connectivity index (χ1n) is 5.76. The average molecular weight is 296 g/mol. The van der Waals surface area contributed by atoms with Crippen LogP contribution in [0.3, 0.4) is 0 Å². The van der Waals surface area contributed by atoms with E-state index in [-0.39, 0.29) is 5.91 Å². The molecule has 0 unspecified atom stereocenters. The van der Waals surface area contributed by atoms with Gasteiger partial charge in [0, 0.05) is 17.6 Å². The van der Waals surface area contributed by atoms with E-state index < -0.39 is 0 Å². The molecule has 0 aliphatic rings. The summed E-state index contributed by atoms with van der Waals surface area (Å²) in [6.45, 7) is 1.08. The summed E-state index contributed by atoms with van der Waals surface area (Å²) in [6.07, 6.45) is 1.51. The van der Waals surface area contributed by atoms with Gasteiger partial charge in [-0.2, -0.15) is 0 Å². The Kier molecular flexibility index (Phi) is 4.90. The molecule has 19 heavy (non-hydrogen) atoms. The summed E-state index contributed by atoms with van der Waals surface area (Å²) in [6, 6.07) is 7.43. The third-order valence-corrected chi connectivity index (χ3v) is 3.50. The molecule has 1 amide bonds. The number of nitrogens with one attached hydrogen (secondary N) is 1. The summed E-state index contributed by atoms with van der Waals surface area (Å²) in [4.78, 5) is 19.0. The number of thiophene rings is 1. The summed E-state index contributed by atoms with van der Waals surface area (Å²) in [5.74, 6) is 0.424. The van der Waals surface area contributed by atoms with E-state index in [9.17, 15) is 4.79 Å². The van der Waals surface area contributed by atoms with Gasteiger partial charge in [0.05, 0.1) is 11.6 Å². The van der Waals surface area contributed by atoms with Crippen molar-refractivity contribution < 1.29 is 4.79 Å². The molecule has 0 bridgehead atoms. The largest absolute Gasteiger partial charge is 0.310 e. The zero-order valence-electron chi connectivity index (χ0n) is 10.5. The second kappa shape index (κ2) is 6.65. The van der Waals surface area contributed by atoms with Crippen molar-refractivity contribution in [1.29, 1.82) is 0 Å². The van der Waals surface area contributed by atoms with Gasteiger partial charge in [0.1, 0.15) is 5.82 Å². The molecule has 4 nitrogen and oxygen atoms in total. The van der Waals surface area contributed by atoms with E-state index in [4.69, 9.17) is 11.6 Å². The number of amides is 1. The normalized spacial score (nSPS) is 10.7. The minimum Gasteiger partial charge on any atom is -0.310 e. The lowest BCUT2D eigenvalue weighted by Crippen LogP contribution is -2.29. The summed E-state index contributed by atoms with van der Waals surface area (Å²) < 4.78 is 0. The van der Waals surface area contributed by atoms with E-state index in [1.807, 2.05) is 23.4 Å².